The van der Waals surface area contributed by atoms with Gasteiger partial charge in [0.1, 0.15) is 0 Å². The van der Waals surface area contributed by atoms with Crippen molar-refractivity contribution in [3.8, 4) is 0 Å². The van der Waals surface area contributed by atoms with Crippen LogP contribution in [0.15, 0.2) is 22.4 Å². The Bertz CT molecular complexity index is 559. The first kappa shape index (κ1) is 17.9. The second kappa shape index (κ2) is 4.93. The molecule has 1 aliphatic rings. The molecule has 3 unspecified atom stereocenters. The van der Waals surface area contributed by atoms with Crippen molar-refractivity contribution in [2.75, 3.05) is 0 Å². The van der Waals surface area contributed by atoms with Crippen molar-refractivity contribution in [1.29, 1.82) is 0 Å². The third-order valence-electron chi connectivity index (χ3n) is 4.54. The van der Waals surface area contributed by atoms with Gasteiger partial charge in [0, 0.05) is 0 Å². The maximum absolute atomic E-state index is 11.6. The summed E-state index contributed by atoms with van der Waals surface area (Å²) in [6.07, 6.45) is 3.49. The van der Waals surface area contributed by atoms with Gasteiger partial charge in [0.15, 0.2) is 0 Å². The topological polar surface area (TPSA) is 54.4 Å². The van der Waals surface area contributed by atoms with Crippen LogP contribution in [-0.4, -0.2) is 13.0 Å². The standard InChI is InChI=1S/C15H27O3PS/c1-13(2,3)12-11(19)10(20(16,17)18)8-9-15(12,7)14(4,5)6/h8-9,12H,19H2,1-7H3,(H,16,17,18). The molecule has 20 heavy (non-hydrogen) atoms. The smallest absolute Gasteiger partial charge is 0.282 e. The highest BCUT2D eigenvalue weighted by Crippen LogP contribution is 2.58. The lowest BCUT2D eigenvalue weighted by Crippen LogP contribution is -2.46. The Balaban J connectivity index is 3.63. The molecule has 0 heterocycles. The molecule has 0 fully saturated rings. The van der Waals surface area contributed by atoms with Crippen LogP contribution in [0.25, 0.3) is 0 Å². The van der Waals surface area contributed by atoms with Crippen LogP contribution in [0.1, 0.15) is 48.5 Å². The van der Waals surface area contributed by atoms with Gasteiger partial charge in [-0.1, -0.05) is 54.5 Å². The maximum atomic E-state index is 11.6. The third-order valence-corrected chi connectivity index (χ3v) is 6.32. The van der Waals surface area contributed by atoms with Crippen LogP contribution in [0.5, 0.6) is 0 Å². The van der Waals surface area contributed by atoms with Crippen molar-refractivity contribution in [3.05, 3.63) is 22.4 Å². The van der Waals surface area contributed by atoms with Gasteiger partial charge in [-0.05, 0) is 33.6 Å². The average Bonchev–Trinajstić information content (AvgIpc) is 2.10. The normalized spacial score (nSPS) is 28.9. The molecule has 3 nitrogen and oxygen atoms in total. The van der Waals surface area contributed by atoms with Crippen LogP contribution in [0.3, 0.4) is 0 Å². The van der Waals surface area contributed by atoms with Crippen molar-refractivity contribution in [1.82, 2.24) is 0 Å². The fourth-order valence-electron chi connectivity index (χ4n) is 3.19. The Morgan fingerprint density at radius 3 is 1.95 bits per heavy atom. The maximum Gasteiger partial charge on any atom is 0.294 e. The first-order chi connectivity index (χ1) is 8.62. The van der Waals surface area contributed by atoms with Crippen LogP contribution in [0.2, 0.25) is 0 Å². The van der Waals surface area contributed by atoms with Gasteiger partial charge >= 0.3 is 0 Å². The van der Waals surface area contributed by atoms with E-state index in [0.29, 0.717) is 5.31 Å². The van der Waals surface area contributed by atoms with Crippen LogP contribution >= 0.6 is 9.24 Å². The molecule has 0 radical (unpaired) electrons. The van der Waals surface area contributed by atoms with Crippen molar-refractivity contribution in [2.45, 2.75) is 48.5 Å². The first-order valence-electron chi connectivity index (χ1n) is 6.79. The highest BCUT2D eigenvalue weighted by atomic mass is 32.2. The van der Waals surface area contributed by atoms with Crippen molar-refractivity contribution < 1.29 is 13.0 Å². The highest BCUT2D eigenvalue weighted by Gasteiger charge is 2.50. The summed E-state index contributed by atoms with van der Waals surface area (Å²) in [5.41, 5.74) is -0.357. The molecule has 0 aliphatic heterocycles. The summed E-state index contributed by atoms with van der Waals surface area (Å²) in [4.78, 5) is 0.0177. The summed E-state index contributed by atoms with van der Waals surface area (Å²) in [7, 11) is -1.64. The zero-order valence-corrected chi connectivity index (χ0v) is 15.5. The fourth-order valence-corrected chi connectivity index (χ4v) is 5.24. The zero-order valence-electron chi connectivity index (χ0n) is 13.5. The van der Waals surface area contributed by atoms with Gasteiger partial charge in [-0.2, -0.15) is 8.42 Å². The summed E-state index contributed by atoms with van der Waals surface area (Å²) in [6, 6.07) is 0. The summed E-state index contributed by atoms with van der Waals surface area (Å²) in [5, 5.41) is 0.667. The van der Waals surface area contributed by atoms with E-state index in [9.17, 15) is 13.0 Å². The number of hydrogen-bond donors (Lipinski definition) is 1. The van der Waals surface area contributed by atoms with Crippen molar-refractivity contribution in [3.63, 3.8) is 0 Å². The van der Waals surface area contributed by atoms with Crippen LogP contribution in [0, 0.1) is 22.2 Å². The van der Waals surface area contributed by atoms with E-state index < -0.39 is 10.1 Å². The molecule has 116 valence electrons. The molecule has 0 amide bonds. The SMILES string of the molecule is CC(C)(C)C1C(P)=C(S(=O)(=O)O)C=CC1(C)C(C)(C)C. The Labute approximate surface area is 125 Å². The van der Waals surface area contributed by atoms with Gasteiger partial charge in [0.2, 0.25) is 0 Å². The second-order valence-corrected chi connectivity index (χ2v) is 9.97. The Morgan fingerprint density at radius 1 is 1.20 bits per heavy atom. The molecule has 0 aromatic carbocycles. The van der Waals surface area contributed by atoms with Gasteiger partial charge in [0.25, 0.3) is 10.1 Å². The van der Waals surface area contributed by atoms with E-state index in [1.165, 1.54) is 0 Å². The second-order valence-electron chi connectivity index (χ2n) is 7.96. The van der Waals surface area contributed by atoms with Crippen LogP contribution in [0.4, 0.5) is 0 Å². The molecule has 3 atom stereocenters. The summed E-state index contributed by atoms with van der Waals surface area (Å²) in [6.45, 7) is 14.9. The van der Waals surface area contributed by atoms with Crippen molar-refractivity contribution >= 4 is 19.4 Å². The molecule has 0 saturated heterocycles. The van der Waals surface area contributed by atoms with E-state index in [1.54, 1.807) is 6.08 Å². The number of allylic oxidation sites excluding steroid dienone is 3. The van der Waals surface area contributed by atoms with Crippen LogP contribution in [-0.2, 0) is 10.1 Å². The lowest BCUT2D eigenvalue weighted by molar-refractivity contribution is 0.0442. The van der Waals surface area contributed by atoms with E-state index in [4.69, 9.17) is 0 Å². The molecule has 1 N–H and O–H groups in total. The predicted octanol–water partition coefficient (Wildman–Crippen LogP) is 4.25. The minimum atomic E-state index is -4.19. The lowest BCUT2D eigenvalue weighted by atomic mass is 9.53. The fraction of sp³-hybridized carbons (Fsp3) is 0.733. The van der Waals surface area contributed by atoms with Gasteiger partial charge in [-0.15, -0.1) is 9.24 Å². The van der Waals surface area contributed by atoms with Crippen molar-refractivity contribution in [2.24, 2.45) is 22.2 Å². The number of hydrogen-bond acceptors (Lipinski definition) is 2. The van der Waals surface area contributed by atoms with Gasteiger partial charge < -0.3 is 0 Å². The van der Waals surface area contributed by atoms with E-state index in [1.807, 2.05) is 6.08 Å². The van der Waals surface area contributed by atoms with E-state index >= 15 is 0 Å². The first-order valence-corrected chi connectivity index (χ1v) is 8.80. The minimum Gasteiger partial charge on any atom is -0.282 e. The predicted molar refractivity (Wildman–Crippen MR) is 87.9 cm³/mol. The van der Waals surface area contributed by atoms with Gasteiger partial charge in [-0.3, -0.25) is 4.55 Å². The molecule has 0 saturated carbocycles. The lowest BCUT2D eigenvalue weighted by Gasteiger charge is -2.53. The summed E-state index contributed by atoms with van der Waals surface area (Å²) < 4.78 is 32.5. The minimum absolute atomic E-state index is 0.00178. The monoisotopic (exact) mass is 318 g/mol. The molecule has 1 rings (SSSR count). The Kier molecular flexibility index (Phi) is 4.40. The average molecular weight is 318 g/mol. The quantitative estimate of drug-likeness (QED) is 0.581. The van der Waals surface area contributed by atoms with Gasteiger partial charge in [0.05, 0.1) is 4.91 Å². The molecule has 1 aliphatic carbocycles. The van der Waals surface area contributed by atoms with Gasteiger partial charge in [-0.25, -0.2) is 0 Å². The molecule has 0 spiro atoms. The number of rotatable bonds is 1. The highest BCUT2D eigenvalue weighted by molar-refractivity contribution is 7.90. The third kappa shape index (κ3) is 3.03. The molecular weight excluding hydrogens is 291 g/mol. The van der Waals surface area contributed by atoms with E-state index in [2.05, 4.69) is 57.7 Å². The summed E-state index contributed by atoms with van der Waals surface area (Å²) in [5.74, 6) is 0.00178. The molecule has 0 aromatic rings. The van der Waals surface area contributed by atoms with E-state index in [0.717, 1.165) is 0 Å². The summed E-state index contributed by atoms with van der Waals surface area (Å²) >= 11 is 0. The molecule has 5 heteroatoms. The van der Waals surface area contributed by atoms with Crippen LogP contribution < -0.4 is 0 Å². The van der Waals surface area contributed by atoms with E-state index in [-0.39, 0.29) is 27.1 Å². The zero-order chi connectivity index (χ0) is 16.1. The Morgan fingerprint density at radius 2 is 1.65 bits per heavy atom. The Hall–Kier alpha value is -0.180. The molecule has 0 bridgehead atoms. The molecular formula is C15H27O3PS. The molecule has 0 aromatic heterocycles. The largest absolute Gasteiger partial charge is 0.294 e.